The van der Waals surface area contributed by atoms with Crippen molar-refractivity contribution in [2.45, 2.75) is 13.8 Å². The van der Waals surface area contributed by atoms with Gasteiger partial charge in [-0.2, -0.15) is 0 Å². The van der Waals surface area contributed by atoms with E-state index in [9.17, 15) is 19.7 Å². The van der Waals surface area contributed by atoms with Gasteiger partial charge in [-0.05, 0) is 49.2 Å². The molecule has 1 aromatic heterocycles. The fourth-order valence-corrected chi connectivity index (χ4v) is 2.64. The van der Waals surface area contributed by atoms with Crippen molar-refractivity contribution in [3.05, 3.63) is 87.6 Å². The number of nitrogens with zero attached hydrogens (tertiary/aromatic N) is 2. The lowest BCUT2D eigenvalue weighted by molar-refractivity contribution is -0.384. The van der Waals surface area contributed by atoms with Crippen molar-refractivity contribution in [2.24, 2.45) is 0 Å². The molecule has 0 radical (unpaired) electrons. The third kappa shape index (κ3) is 5.86. The van der Waals surface area contributed by atoms with E-state index in [1.165, 1.54) is 24.4 Å². The summed E-state index contributed by atoms with van der Waals surface area (Å²) in [5.41, 5.74) is 2.59. The molecular formula is C22H20N4O5. The van der Waals surface area contributed by atoms with Crippen molar-refractivity contribution in [1.82, 2.24) is 10.3 Å². The Morgan fingerprint density at radius 1 is 1.06 bits per heavy atom. The summed E-state index contributed by atoms with van der Waals surface area (Å²) in [7, 11) is 0. The van der Waals surface area contributed by atoms with Crippen molar-refractivity contribution < 1.29 is 19.2 Å². The summed E-state index contributed by atoms with van der Waals surface area (Å²) in [6.45, 7) is 3.70. The van der Waals surface area contributed by atoms with Gasteiger partial charge >= 0.3 is 0 Å². The molecule has 9 heteroatoms. The van der Waals surface area contributed by atoms with E-state index in [0.717, 1.165) is 17.2 Å². The number of hydrogen-bond donors (Lipinski definition) is 2. The van der Waals surface area contributed by atoms with Gasteiger partial charge in [-0.25, -0.2) is 4.98 Å². The van der Waals surface area contributed by atoms with Crippen LogP contribution in [0.1, 0.15) is 21.5 Å². The maximum absolute atomic E-state index is 12.1. The highest BCUT2D eigenvalue weighted by Crippen LogP contribution is 2.23. The minimum Gasteiger partial charge on any atom is -0.439 e. The molecule has 0 saturated heterocycles. The summed E-state index contributed by atoms with van der Waals surface area (Å²) in [4.78, 5) is 38.5. The monoisotopic (exact) mass is 420 g/mol. The molecule has 2 aromatic carbocycles. The average Bonchev–Trinajstić information content (AvgIpc) is 2.76. The number of non-ortho nitro benzene ring substituents is 1. The molecule has 0 saturated carbocycles. The van der Waals surface area contributed by atoms with E-state index in [1.54, 1.807) is 12.1 Å². The van der Waals surface area contributed by atoms with Crippen LogP contribution in [-0.2, 0) is 4.79 Å². The Hall–Kier alpha value is -4.27. The van der Waals surface area contributed by atoms with Gasteiger partial charge in [-0.15, -0.1) is 0 Å². The van der Waals surface area contributed by atoms with Crippen molar-refractivity contribution >= 4 is 23.2 Å². The first-order chi connectivity index (χ1) is 14.8. The molecule has 0 atom stereocenters. The van der Waals surface area contributed by atoms with Crippen LogP contribution in [0.15, 0.2) is 60.8 Å². The van der Waals surface area contributed by atoms with Gasteiger partial charge in [-0.1, -0.05) is 12.1 Å². The number of ether oxygens (including phenoxy) is 1. The molecule has 2 N–H and O–H groups in total. The molecule has 0 unspecified atom stereocenters. The lowest BCUT2D eigenvalue weighted by atomic mass is 10.1. The van der Waals surface area contributed by atoms with Crippen molar-refractivity contribution in [2.75, 3.05) is 11.9 Å². The van der Waals surface area contributed by atoms with Crippen LogP contribution in [0.2, 0.25) is 0 Å². The number of amides is 2. The predicted octanol–water partition coefficient (Wildman–Crippen LogP) is 3.77. The fraction of sp³-hybridized carbons (Fsp3) is 0.136. The van der Waals surface area contributed by atoms with E-state index in [1.807, 2.05) is 32.0 Å². The standard InChI is InChI=1S/C22H20N4O5/c1-14-6-8-19(10-15(14)2)31-21-9-7-17(12-23-21)25-20(27)13-24-22(28)16-4-3-5-18(11-16)26(29)30/h3-12H,13H2,1-2H3,(H,24,28)(H,25,27). The first-order valence-electron chi connectivity index (χ1n) is 9.35. The fourth-order valence-electron chi connectivity index (χ4n) is 2.64. The largest absolute Gasteiger partial charge is 0.439 e. The molecule has 1 heterocycles. The van der Waals surface area contributed by atoms with E-state index >= 15 is 0 Å². The second-order valence-corrected chi connectivity index (χ2v) is 6.77. The van der Waals surface area contributed by atoms with E-state index in [2.05, 4.69) is 15.6 Å². The maximum atomic E-state index is 12.1. The van der Waals surface area contributed by atoms with Crippen LogP contribution in [0, 0.1) is 24.0 Å². The number of carbonyl (C=O) groups is 2. The SMILES string of the molecule is Cc1ccc(Oc2ccc(NC(=O)CNC(=O)c3cccc([N+](=O)[O-])c3)cn2)cc1C. The number of benzene rings is 2. The number of nitrogens with one attached hydrogen (secondary N) is 2. The molecule has 31 heavy (non-hydrogen) atoms. The average molecular weight is 420 g/mol. The van der Waals surface area contributed by atoms with Crippen LogP contribution in [0.25, 0.3) is 0 Å². The lowest BCUT2D eigenvalue weighted by Gasteiger charge is -2.09. The summed E-state index contributed by atoms with van der Waals surface area (Å²) in [5, 5.41) is 15.8. The quantitative estimate of drug-likeness (QED) is 0.443. The third-order valence-corrected chi connectivity index (χ3v) is 4.45. The van der Waals surface area contributed by atoms with E-state index in [-0.39, 0.29) is 17.8 Å². The minimum absolute atomic E-state index is 0.0940. The Morgan fingerprint density at radius 3 is 2.55 bits per heavy atom. The molecule has 0 fully saturated rings. The predicted molar refractivity (Wildman–Crippen MR) is 114 cm³/mol. The Labute approximate surface area is 178 Å². The molecular weight excluding hydrogens is 400 g/mol. The molecule has 0 spiro atoms. The van der Waals surface area contributed by atoms with Crippen LogP contribution < -0.4 is 15.4 Å². The minimum atomic E-state index is -0.593. The molecule has 3 aromatic rings. The second kappa shape index (κ2) is 9.49. The first-order valence-corrected chi connectivity index (χ1v) is 9.35. The summed E-state index contributed by atoms with van der Waals surface area (Å²) in [6.07, 6.45) is 1.44. The maximum Gasteiger partial charge on any atom is 0.270 e. The number of rotatable bonds is 7. The summed E-state index contributed by atoms with van der Waals surface area (Å²) in [6, 6.07) is 14.2. The molecule has 158 valence electrons. The first kappa shape index (κ1) is 21.4. The Bertz CT molecular complexity index is 1130. The second-order valence-electron chi connectivity index (χ2n) is 6.77. The Balaban J connectivity index is 1.52. The Morgan fingerprint density at radius 2 is 1.87 bits per heavy atom. The number of pyridine rings is 1. The summed E-state index contributed by atoms with van der Waals surface area (Å²) >= 11 is 0. The lowest BCUT2D eigenvalue weighted by Crippen LogP contribution is -2.32. The highest BCUT2D eigenvalue weighted by molar-refractivity contribution is 5.99. The van der Waals surface area contributed by atoms with Gasteiger partial charge in [0.15, 0.2) is 0 Å². The van der Waals surface area contributed by atoms with E-state index in [4.69, 9.17) is 4.74 Å². The molecule has 3 rings (SSSR count). The molecule has 0 aliphatic heterocycles. The van der Waals surface area contributed by atoms with Gasteiger partial charge in [0.05, 0.1) is 23.4 Å². The highest BCUT2D eigenvalue weighted by Gasteiger charge is 2.12. The molecule has 0 bridgehead atoms. The third-order valence-electron chi connectivity index (χ3n) is 4.45. The van der Waals surface area contributed by atoms with Gasteiger partial charge in [0.2, 0.25) is 11.8 Å². The normalized spacial score (nSPS) is 10.3. The van der Waals surface area contributed by atoms with E-state index in [0.29, 0.717) is 17.3 Å². The van der Waals surface area contributed by atoms with Gasteiger partial charge in [-0.3, -0.25) is 19.7 Å². The number of nitro groups is 1. The van der Waals surface area contributed by atoms with Crippen molar-refractivity contribution in [1.29, 1.82) is 0 Å². The number of hydrogen-bond acceptors (Lipinski definition) is 6. The topological polar surface area (TPSA) is 123 Å². The van der Waals surface area contributed by atoms with Gasteiger partial charge in [0.25, 0.3) is 11.6 Å². The number of aryl methyl sites for hydroxylation is 2. The van der Waals surface area contributed by atoms with Crippen LogP contribution >= 0.6 is 0 Å². The molecule has 9 nitrogen and oxygen atoms in total. The summed E-state index contributed by atoms with van der Waals surface area (Å²) < 4.78 is 5.70. The van der Waals surface area contributed by atoms with Crippen molar-refractivity contribution in [3.8, 4) is 11.6 Å². The highest BCUT2D eigenvalue weighted by atomic mass is 16.6. The van der Waals surface area contributed by atoms with Crippen molar-refractivity contribution in [3.63, 3.8) is 0 Å². The van der Waals surface area contributed by atoms with Crippen LogP contribution in [-0.4, -0.2) is 28.3 Å². The van der Waals surface area contributed by atoms with E-state index < -0.39 is 16.7 Å². The zero-order valence-corrected chi connectivity index (χ0v) is 16.9. The zero-order chi connectivity index (χ0) is 22.4. The number of aromatic nitrogens is 1. The molecule has 0 aliphatic rings. The molecule has 0 aliphatic carbocycles. The number of nitro benzene ring substituents is 1. The van der Waals surface area contributed by atoms with Gasteiger partial charge in [0.1, 0.15) is 5.75 Å². The summed E-state index contributed by atoms with van der Waals surface area (Å²) in [5.74, 6) is -0.0194. The molecule has 2 amide bonds. The number of anilines is 1. The van der Waals surface area contributed by atoms with Crippen LogP contribution in [0.4, 0.5) is 11.4 Å². The van der Waals surface area contributed by atoms with Gasteiger partial charge in [0, 0.05) is 23.8 Å². The van der Waals surface area contributed by atoms with Crippen LogP contribution in [0.5, 0.6) is 11.6 Å². The zero-order valence-electron chi connectivity index (χ0n) is 16.9. The van der Waals surface area contributed by atoms with Crippen LogP contribution in [0.3, 0.4) is 0 Å². The Kier molecular flexibility index (Phi) is 6.56. The number of carbonyl (C=O) groups excluding carboxylic acids is 2. The van der Waals surface area contributed by atoms with Gasteiger partial charge < -0.3 is 15.4 Å². The smallest absolute Gasteiger partial charge is 0.270 e.